The van der Waals surface area contributed by atoms with E-state index >= 15 is 0 Å². The number of phenols is 1. The van der Waals surface area contributed by atoms with Gasteiger partial charge in [-0.2, -0.15) is 0 Å². The van der Waals surface area contributed by atoms with Gasteiger partial charge in [0, 0.05) is 5.92 Å². The Kier molecular flexibility index (Phi) is 4.20. The summed E-state index contributed by atoms with van der Waals surface area (Å²) in [6, 6.07) is 12.2. The maximum Gasteiger partial charge on any atom is 0.160 e. The molecule has 0 amide bonds. The second-order valence-corrected chi connectivity index (χ2v) is 6.28. The van der Waals surface area contributed by atoms with Crippen molar-refractivity contribution in [2.75, 3.05) is 14.2 Å². The summed E-state index contributed by atoms with van der Waals surface area (Å²) < 4.78 is 10.6. The van der Waals surface area contributed by atoms with Crippen molar-refractivity contribution in [1.29, 1.82) is 0 Å². The van der Waals surface area contributed by atoms with Gasteiger partial charge in [0.2, 0.25) is 0 Å². The first-order valence-corrected chi connectivity index (χ1v) is 8.15. The van der Waals surface area contributed by atoms with Crippen molar-refractivity contribution < 1.29 is 14.6 Å². The van der Waals surface area contributed by atoms with Crippen molar-refractivity contribution in [3.63, 3.8) is 0 Å². The third-order valence-corrected chi connectivity index (χ3v) is 5.19. The quantitative estimate of drug-likeness (QED) is 0.890. The summed E-state index contributed by atoms with van der Waals surface area (Å²) in [7, 11) is 3.28. The number of rotatable bonds is 4. The molecule has 0 radical (unpaired) electrons. The molecule has 2 aromatic rings. The molecule has 0 aromatic heterocycles. The Balaban J connectivity index is 2.10. The zero-order valence-corrected chi connectivity index (χ0v) is 14.2. The van der Waals surface area contributed by atoms with E-state index < -0.39 is 0 Å². The van der Waals surface area contributed by atoms with Crippen LogP contribution in [-0.2, 0) is 0 Å². The van der Waals surface area contributed by atoms with E-state index in [9.17, 15) is 5.11 Å². The highest BCUT2D eigenvalue weighted by molar-refractivity contribution is 5.55. The van der Waals surface area contributed by atoms with Gasteiger partial charge >= 0.3 is 0 Å². The minimum absolute atomic E-state index is 0.216. The average molecular weight is 312 g/mol. The average Bonchev–Trinajstić information content (AvgIpc) is 2.84. The molecular weight excluding hydrogens is 288 g/mol. The minimum Gasteiger partial charge on any atom is -0.504 e. The van der Waals surface area contributed by atoms with Gasteiger partial charge in [-0.25, -0.2) is 0 Å². The summed E-state index contributed by atoms with van der Waals surface area (Å²) >= 11 is 0. The van der Waals surface area contributed by atoms with Crippen LogP contribution in [0.15, 0.2) is 36.4 Å². The third kappa shape index (κ3) is 2.54. The summed E-state index contributed by atoms with van der Waals surface area (Å²) in [6.45, 7) is 4.52. The summed E-state index contributed by atoms with van der Waals surface area (Å²) in [5.74, 6) is 2.89. The van der Waals surface area contributed by atoms with E-state index in [4.69, 9.17) is 9.47 Å². The van der Waals surface area contributed by atoms with E-state index in [-0.39, 0.29) is 11.7 Å². The van der Waals surface area contributed by atoms with Crippen LogP contribution in [0.2, 0.25) is 0 Å². The molecule has 2 aromatic carbocycles. The van der Waals surface area contributed by atoms with E-state index in [0.717, 1.165) is 12.2 Å². The monoisotopic (exact) mass is 312 g/mol. The van der Waals surface area contributed by atoms with Gasteiger partial charge in [0.05, 0.1) is 14.2 Å². The smallest absolute Gasteiger partial charge is 0.160 e. The number of benzene rings is 2. The van der Waals surface area contributed by atoms with Gasteiger partial charge in [-0.15, -0.1) is 0 Å². The van der Waals surface area contributed by atoms with E-state index in [1.165, 1.54) is 16.7 Å². The molecule has 3 rings (SSSR count). The number of hydrogen-bond donors (Lipinski definition) is 1. The molecule has 0 bridgehead atoms. The van der Waals surface area contributed by atoms with Gasteiger partial charge in [-0.1, -0.05) is 26.0 Å². The molecule has 0 fully saturated rings. The highest BCUT2D eigenvalue weighted by atomic mass is 16.5. The number of ether oxygens (including phenoxy) is 2. The fourth-order valence-corrected chi connectivity index (χ4v) is 4.04. The Labute approximate surface area is 137 Å². The molecular formula is C20H24O3. The number of fused-ring (bicyclic) bond motifs is 1. The van der Waals surface area contributed by atoms with Gasteiger partial charge in [0.15, 0.2) is 11.5 Å². The molecule has 3 nitrogen and oxygen atoms in total. The van der Waals surface area contributed by atoms with Crippen LogP contribution in [0.4, 0.5) is 0 Å². The molecule has 1 N–H and O–H groups in total. The first kappa shape index (κ1) is 15.7. The molecule has 1 aliphatic carbocycles. The van der Waals surface area contributed by atoms with E-state index in [0.29, 0.717) is 17.6 Å². The summed E-state index contributed by atoms with van der Waals surface area (Å²) in [4.78, 5) is 0. The highest BCUT2D eigenvalue weighted by Crippen LogP contribution is 2.53. The molecule has 3 atom stereocenters. The SMILES string of the molecule is CC[C@H]1c2cc(OC)c(O)cc2[C@@H](c2ccc(OC)cc2)[C@H]1C. The first-order valence-electron chi connectivity index (χ1n) is 8.15. The third-order valence-electron chi connectivity index (χ3n) is 5.19. The van der Waals surface area contributed by atoms with E-state index in [1.807, 2.05) is 24.3 Å². The minimum atomic E-state index is 0.216. The highest BCUT2D eigenvalue weighted by Gasteiger charge is 2.38. The van der Waals surface area contributed by atoms with Crippen molar-refractivity contribution >= 4 is 0 Å². The van der Waals surface area contributed by atoms with Crippen molar-refractivity contribution in [1.82, 2.24) is 0 Å². The van der Waals surface area contributed by atoms with Gasteiger partial charge in [-0.3, -0.25) is 0 Å². The Morgan fingerprint density at radius 1 is 1.00 bits per heavy atom. The first-order chi connectivity index (χ1) is 11.1. The van der Waals surface area contributed by atoms with Crippen molar-refractivity contribution in [3.05, 3.63) is 53.1 Å². The predicted octanol–water partition coefficient (Wildman–Crippen LogP) is 4.68. The zero-order valence-electron chi connectivity index (χ0n) is 14.2. The second kappa shape index (κ2) is 6.15. The molecule has 1 aliphatic rings. The Hall–Kier alpha value is -2.16. The van der Waals surface area contributed by atoms with Crippen LogP contribution in [0.3, 0.4) is 0 Å². The summed E-state index contributed by atoms with van der Waals surface area (Å²) in [6.07, 6.45) is 1.08. The van der Waals surface area contributed by atoms with Gasteiger partial charge in [-0.05, 0) is 59.2 Å². The zero-order chi connectivity index (χ0) is 16.6. The van der Waals surface area contributed by atoms with Crippen molar-refractivity contribution in [2.45, 2.75) is 32.1 Å². The lowest BCUT2D eigenvalue weighted by atomic mass is 9.83. The lowest BCUT2D eigenvalue weighted by Crippen LogP contribution is -2.09. The number of methoxy groups -OCH3 is 2. The lowest BCUT2D eigenvalue weighted by Gasteiger charge is -2.21. The second-order valence-electron chi connectivity index (χ2n) is 6.28. The van der Waals surface area contributed by atoms with Crippen LogP contribution in [-0.4, -0.2) is 19.3 Å². The number of hydrogen-bond acceptors (Lipinski definition) is 3. The predicted molar refractivity (Wildman–Crippen MR) is 91.7 cm³/mol. The van der Waals surface area contributed by atoms with Gasteiger partial charge in [0.1, 0.15) is 5.75 Å². The summed E-state index contributed by atoms with van der Waals surface area (Å²) in [5.41, 5.74) is 3.78. The maximum atomic E-state index is 10.2. The fourth-order valence-electron chi connectivity index (χ4n) is 4.04. The number of aromatic hydroxyl groups is 1. The van der Waals surface area contributed by atoms with Crippen LogP contribution in [0.1, 0.15) is 48.8 Å². The molecule has 0 spiro atoms. The molecule has 23 heavy (non-hydrogen) atoms. The Morgan fingerprint density at radius 3 is 2.26 bits per heavy atom. The van der Waals surface area contributed by atoms with Gasteiger partial charge in [0.25, 0.3) is 0 Å². The normalized spacial score (nSPS) is 22.7. The fraction of sp³-hybridized carbons (Fsp3) is 0.400. The van der Waals surface area contributed by atoms with E-state index in [1.54, 1.807) is 14.2 Å². The Bertz CT molecular complexity index is 691. The molecule has 122 valence electrons. The molecule has 3 heteroatoms. The lowest BCUT2D eigenvalue weighted by molar-refractivity contribution is 0.372. The van der Waals surface area contributed by atoms with Crippen LogP contribution >= 0.6 is 0 Å². The molecule has 0 aliphatic heterocycles. The number of phenolic OH excluding ortho intramolecular Hbond substituents is 1. The largest absolute Gasteiger partial charge is 0.504 e. The topological polar surface area (TPSA) is 38.7 Å². The molecule has 0 heterocycles. The van der Waals surface area contributed by atoms with Crippen LogP contribution in [0.5, 0.6) is 17.2 Å². The van der Waals surface area contributed by atoms with E-state index in [2.05, 4.69) is 26.0 Å². The van der Waals surface area contributed by atoms with Crippen LogP contribution in [0.25, 0.3) is 0 Å². The van der Waals surface area contributed by atoms with Gasteiger partial charge < -0.3 is 14.6 Å². The summed E-state index contributed by atoms with van der Waals surface area (Å²) in [5, 5.41) is 10.2. The molecule has 0 unspecified atom stereocenters. The van der Waals surface area contributed by atoms with Crippen LogP contribution < -0.4 is 9.47 Å². The maximum absolute atomic E-state index is 10.2. The molecule has 0 saturated carbocycles. The van der Waals surface area contributed by atoms with Crippen molar-refractivity contribution in [2.24, 2.45) is 5.92 Å². The van der Waals surface area contributed by atoms with Crippen molar-refractivity contribution in [3.8, 4) is 17.2 Å². The standard InChI is InChI=1S/C20H24O3/c1-5-15-12(2)20(13-6-8-14(22-3)9-7-13)17-10-18(21)19(23-4)11-16(15)17/h6-12,15,20-21H,5H2,1-4H3/t12-,15+,20+/m0/s1. The van der Waals surface area contributed by atoms with Crippen LogP contribution in [0, 0.1) is 5.92 Å². The Morgan fingerprint density at radius 2 is 1.70 bits per heavy atom. The molecule has 0 saturated heterocycles.